The molecule has 0 aliphatic rings. The molecule has 21 heavy (non-hydrogen) atoms. The lowest BCUT2D eigenvalue weighted by Crippen LogP contribution is -2.23. The van der Waals surface area contributed by atoms with Gasteiger partial charge < -0.3 is 10.1 Å². The maximum Gasteiger partial charge on any atom is 0.118 e. The van der Waals surface area contributed by atoms with E-state index < -0.39 is 0 Å². The van der Waals surface area contributed by atoms with Crippen LogP contribution in [0.15, 0.2) is 24.3 Å². The van der Waals surface area contributed by atoms with Crippen LogP contribution in [-0.4, -0.2) is 23.2 Å². The second-order valence-electron chi connectivity index (χ2n) is 4.99. The van der Waals surface area contributed by atoms with E-state index in [1.807, 2.05) is 12.1 Å². The number of hydrogen-bond acceptors (Lipinski definition) is 5. The normalized spacial score (nSPS) is 12.3. The smallest absolute Gasteiger partial charge is 0.118 e. The van der Waals surface area contributed by atoms with Gasteiger partial charge in [-0.2, -0.15) is 0 Å². The minimum Gasteiger partial charge on any atom is -0.497 e. The summed E-state index contributed by atoms with van der Waals surface area (Å²) in [7, 11) is 1.69. The molecular weight excluding hydrogens is 282 g/mol. The van der Waals surface area contributed by atoms with Crippen molar-refractivity contribution < 1.29 is 4.74 Å². The zero-order valence-corrected chi connectivity index (χ0v) is 13.7. The first kappa shape index (κ1) is 15.9. The topological polar surface area (TPSA) is 47.0 Å². The average Bonchev–Trinajstić information content (AvgIpc) is 2.97. The predicted octanol–water partition coefficient (Wildman–Crippen LogP) is 3.59. The van der Waals surface area contributed by atoms with Crippen LogP contribution >= 0.6 is 11.5 Å². The zero-order chi connectivity index (χ0) is 15.1. The lowest BCUT2D eigenvalue weighted by Gasteiger charge is -2.18. The quantitative estimate of drug-likeness (QED) is 0.809. The number of rotatable bonds is 8. The molecular formula is C16H23N3OS. The van der Waals surface area contributed by atoms with E-state index in [9.17, 15) is 0 Å². The lowest BCUT2D eigenvalue weighted by molar-refractivity contribution is 0.414. The maximum absolute atomic E-state index is 5.24. The lowest BCUT2D eigenvalue weighted by atomic mass is 10.0. The number of benzene rings is 1. The molecule has 1 aromatic heterocycles. The van der Waals surface area contributed by atoms with Crippen molar-refractivity contribution in [2.45, 2.75) is 39.2 Å². The SMILES string of the molecule is CCCNC(c1ccc(OC)cc1)c1snnc1CCC. The fourth-order valence-electron chi connectivity index (χ4n) is 2.29. The van der Waals surface area contributed by atoms with Gasteiger partial charge in [-0.05, 0) is 48.6 Å². The van der Waals surface area contributed by atoms with Gasteiger partial charge in [0, 0.05) is 0 Å². The highest BCUT2D eigenvalue weighted by atomic mass is 32.1. The Morgan fingerprint density at radius 1 is 1.19 bits per heavy atom. The van der Waals surface area contributed by atoms with Gasteiger partial charge in [0.1, 0.15) is 5.75 Å². The molecule has 0 fully saturated rings. The van der Waals surface area contributed by atoms with Crippen molar-refractivity contribution in [2.75, 3.05) is 13.7 Å². The summed E-state index contributed by atoms with van der Waals surface area (Å²) in [6.07, 6.45) is 3.16. The van der Waals surface area contributed by atoms with E-state index in [0.29, 0.717) is 0 Å². The second-order valence-corrected chi connectivity index (χ2v) is 5.78. The highest BCUT2D eigenvalue weighted by Crippen LogP contribution is 2.29. The van der Waals surface area contributed by atoms with E-state index in [0.717, 1.165) is 37.3 Å². The number of aromatic nitrogens is 2. The summed E-state index contributed by atoms with van der Waals surface area (Å²) in [5.74, 6) is 0.879. The van der Waals surface area contributed by atoms with Crippen molar-refractivity contribution in [3.05, 3.63) is 40.4 Å². The third-order valence-corrected chi connectivity index (χ3v) is 4.21. The Bertz CT molecular complexity index is 539. The Balaban J connectivity index is 2.29. The summed E-state index contributed by atoms with van der Waals surface area (Å²) in [6.45, 7) is 5.32. The number of nitrogens with zero attached hydrogens (tertiary/aromatic N) is 2. The van der Waals surface area contributed by atoms with Gasteiger partial charge in [-0.3, -0.25) is 0 Å². The molecule has 4 nitrogen and oxygen atoms in total. The van der Waals surface area contributed by atoms with E-state index >= 15 is 0 Å². The number of ether oxygens (including phenoxy) is 1. The minimum atomic E-state index is 0.164. The number of methoxy groups -OCH3 is 1. The molecule has 2 aromatic rings. The first-order chi connectivity index (χ1) is 10.3. The van der Waals surface area contributed by atoms with Crippen LogP contribution in [0.3, 0.4) is 0 Å². The molecule has 0 saturated heterocycles. The third-order valence-electron chi connectivity index (χ3n) is 3.38. The molecule has 1 heterocycles. The van der Waals surface area contributed by atoms with Crippen LogP contribution in [0.1, 0.15) is 48.9 Å². The molecule has 5 heteroatoms. The first-order valence-electron chi connectivity index (χ1n) is 7.48. The van der Waals surface area contributed by atoms with Gasteiger partial charge in [0.05, 0.1) is 23.7 Å². The largest absolute Gasteiger partial charge is 0.497 e. The molecule has 2 rings (SSSR count). The summed E-state index contributed by atoms with van der Waals surface area (Å²) in [5.41, 5.74) is 2.35. The van der Waals surface area contributed by atoms with Crippen LogP contribution in [0.4, 0.5) is 0 Å². The van der Waals surface area contributed by atoms with Crippen LogP contribution in [-0.2, 0) is 6.42 Å². The van der Waals surface area contributed by atoms with Crippen molar-refractivity contribution in [1.29, 1.82) is 0 Å². The van der Waals surface area contributed by atoms with Gasteiger partial charge in [0.2, 0.25) is 0 Å². The van der Waals surface area contributed by atoms with Gasteiger partial charge in [0.25, 0.3) is 0 Å². The molecule has 0 bridgehead atoms. The van der Waals surface area contributed by atoms with Crippen LogP contribution < -0.4 is 10.1 Å². The van der Waals surface area contributed by atoms with Crippen LogP contribution in [0.5, 0.6) is 5.75 Å². The zero-order valence-electron chi connectivity index (χ0n) is 12.9. The van der Waals surface area contributed by atoms with Crippen molar-refractivity contribution >= 4 is 11.5 Å². The van der Waals surface area contributed by atoms with E-state index in [2.05, 4.69) is 40.9 Å². The highest BCUT2D eigenvalue weighted by molar-refractivity contribution is 7.05. The monoisotopic (exact) mass is 305 g/mol. The summed E-state index contributed by atoms with van der Waals surface area (Å²) in [5, 5.41) is 7.91. The molecule has 0 saturated carbocycles. The fourth-order valence-corrected chi connectivity index (χ4v) is 3.09. The fraction of sp³-hybridized carbons (Fsp3) is 0.500. The molecule has 0 amide bonds. The van der Waals surface area contributed by atoms with Crippen LogP contribution in [0.25, 0.3) is 0 Å². The van der Waals surface area contributed by atoms with Crippen LogP contribution in [0, 0.1) is 0 Å². The molecule has 0 aliphatic heterocycles. The van der Waals surface area contributed by atoms with E-state index in [4.69, 9.17) is 4.74 Å². The molecule has 114 valence electrons. The van der Waals surface area contributed by atoms with Gasteiger partial charge in [-0.25, -0.2) is 0 Å². The van der Waals surface area contributed by atoms with Crippen molar-refractivity contribution in [1.82, 2.24) is 14.9 Å². The molecule has 1 N–H and O–H groups in total. The van der Waals surface area contributed by atoms with Gasteiger partial charge in [-0.15, -0.1) is 5.10 Å². The maximum atomic E-state index is 5.24. The van der Waals surface area contributed by atoms with Crippen molar-refractivity contribution in [3.63, 3.8) is 0 Å². The predicted molar refractivity (Wildman–Crippen MR) is 87.0 cm³/mol. The van der Waals surface area contributed by atoms with E-state index in [1.165, 1.54) is 22.0 Å². The molecule has 1 aromatic carbocycles. The van der Waals surface area contributed by atoms with Crippen molar-refractivity contribution in [3.8, 4) is 5.75 Å². The third kappa shape index (κ3) is 4.02. The summed E-state index contributed by atoms with van der Waals surface area (Å²) < 4.78 is 9.40. The Hall–Kier alpha value is -1.46. The Morgan fingerprint density at radius 2 is 1.95 bits per heavy atom. The van der Waals surface area contributed by atoms with Gasteiger partial charge in [0.15, 0.2) is 0 Å². The molecule has 0 radical (unpaired) electrons. The van der Waals surface area contributed by atoms with E-state index in [-0.39, 0.29) is 6.04 Å². The van der Waals surface area contributed by atoms with Crippen molar-refractivity contribution in [2.24, 2.45) is 0 Å². The Labute approximate surface area is 130 Å². The Morgan fingerprint density at radius 3 is 2.57 bits per heavy atom. The van der Waals surface area contributed by atoms with Gasteiger partial charge >= 0.3 is 0 Å². The minimum absolute atomic E-state index is 0.164. The van der Waals surface area contributed by atoms with E-state index in [1.54, 1.807) is 7.11 Å². The molecule has 1 atom stereocenters. The molecule has 1 unspecified atom stereocenters. The second kappa shape index (κ2) is 8.10. The van der Waals surface area contributed by atoms with Crippen LogP contribution in [0.2, 0.25) is 0 Å². The summed E-state index contributed by atoms with van der Waals surface area (Å²) in [4.78, 5) is 1.23. The van der Waals surface area contributed by atoms with Gasteiger partial charge in [-0.1, -0.05) is 36.9 Å². The highest BCUT2D eigenvalue weighted by Gasteiger charge is 2.20. The molecule has 0 spiro atoms. The Kier molecular flexibility index (Phi) is 6.14. The number of nitrogens with one attached hydrogen (secondary N) is 1. The summed E-state index contributed by atoms with van der Waals surface area (Å²) >= 11 is 1.50. The number of hydrogen-bond donors (Lipinski definition) is 1. The first-order valence-corrected chi connectivity index (χ1v) is 8.25. The summed E-state index contributed by atoms with van der Waals surface area (Å²) in [6, 6.07) is 8.40. The standard InChI is InChI=1S/C16H23N3OS/c1-4-6-14-16(21-19-18-14)15(17-11-5-2)12-7-9-13(20-3)10-8-12/h7-10,15,17H,4-6,11H2,1-3H3. The molecule has 0 aliphatic carbocycles. The average molecular weight is 305 g/mol. The number of aryl methyl sites for hydroxylation is 1.